The minimum absolute atomic E-state index is 0.0614. The van der Waals surface area contributed by atoms with Crippen LogP contribution in [0.15, 0.2) is 54.2 Å². The summed E-state index contributed by atoms with van der Waals surface area (Å²) in [5.74, 6) is -0.0350. The first-order valence-electron chi connectivity index (χ1n) is 9.06. The maximum atomic E-state index is 12.5. The molecule has 0 radical (unpaired) electrons. The Morgan fingerprint density at radius 3 is 2.72 bits per heavy atom. The first-order chi connectivity index (χ1) is 14.1. The van der Waals surface area contributed by atoms with Crippen LogP contribution in [0.25, 0.3) is 0 Å². The van der Waals surface area contributed by atoms with E-state index in [1.54, 1.807) is 18.2 Å². The number of amides is 1. The summed E-state index contributed by atoms with van der Waals surface area (Å²) in [6.07, 6.45) is 1.40. The number of hydrogen-bond donors (Lipinski definition) is 2. The minimum atomic E-state index is -0.537. The predicted octanol–water partition coefficient (Wildman–Crippen LogP) is 3.64. The van der Waals surface area contributed by atoms with Gasteiger partial charge in [-0.25, -0.2) is 0 Å². The van der Waals surface area contributed by atoms with Crippen LogP contribution < -0.4 is 20.3 Å². The van der Waals surface area contributed by atoms with Crippen LogP contribution in [0.5, 0.6) is 5.75 Å². The van der Waals surface area contributed by atoms with E-state index in [1.807, 2.05) is 30.3 Å². The van der Waals surface area contributed by atoms with E-state index in [-0.39, 0.29) is 5.57 Å². The predicted molar refractivity (Wildman–Crippen MR) is 113 cm³/mol. The van der Waals surface area contributed by atoms with E-state index < -0.39 is 5.91 Å². The number of nitrogens with one attached hydrogen (secondary N) is 2. The molecule has 1 fully saturated rings. The summed E-state index contributed by atoms with van der Waals surface area (Å²) in [6.45, 7) is 2.90. The summed E-state index contributed by atoms with van der Waals surface area (Å²) < 4.78 is 10.5. The van der Waals surface area contributed by atoms with Gasteiger partial charge in [0, 0.05) is 25.0 Å². The highest BCUT2D eigenvalue weighted by Crippen LogP contribution is 2.28. The summed E-state index contributed by atoms with van der Waals surface area (Å²) >= 11 is 6.08. The van der Waals surface area contributed by atoms with Crippen LogP contribution in [0.1, 0.15) is 0 Å². The van der Waals surface area contributed by atoms with Gasteiger partial charge in [0.2, 0.25) is 0 Å². The van der Waals surface area contributed by atoms with Crippen LogP contribution in [-0.4, -0.2) is 39.3 Å². The summed E-state index contributed by atoms with van der Waals surface area (Å²) in [4.78, 5) is 14.7. The fraction of sp³-hybridized carbons (Fsp3) is 0.238. The van der Waals surface area contributed by atoms with Gasteiger partial charge in [0.15, 0.2) is 0 Å². The molecule has 0 bridgehead atoms. The second kappa shape index (κ2) is 9.82. The molecule has 0 spiro atoms. The van der Waals surface area contributed by atoms with Gasteiger partial charge < -0.3 is 25.0 Å². The van der Waals surface area contributed by atoms with Crippen LogP contribution >= 0.6 is 11.6 Å². The van der Waals surface area contributed by atoms with Crippen molar-refractivity contribution in [2.75, 3.05) is 48.9 Å². The number of nitriles is 1. The summed E-state index contributed by atoms with van der Waals surface area (Å²) in [6, 6.07) is 14.5. The molecule has 7 nitrogen and oxygen atoms in total. The zero-order valence-corrected chi connectivity index (χ0v) is 16.7. The number of anilines is 3. The highest BCUT2D eigenvalue weighted by Gasteiger charge is 2.15. The largest absolute Gasteiger partial charge is 0.495 e. The van der Waals surface area contributed by atoms with Gasteiger partial charge in [-0.2, -0.15) is 5.26 Å². The number of para-hydroxylation sites is 2. The molecule has 1 amide bonds. The van der Waals surface area contributed by atoms with Crippen molar-refractivity contribution in [2.45, 2.75) is 0 Å². The number of benzene rings is 2. The maximum Gasteiger partial charge on any atom is 0.267 e. The van der Waals surface area contributed by atoms with Crippen LogP contribution in [0.2, 0.25) is 5.02 Å². The highest BCUT2D eigenvalue weighted by molar-refractivity contribution is 6.32. The van der Waals surface area contributed by atoms with E-state index in [9.17, 15) is 10.1 Å². The zero-order valence-electron chi connectivity index (χ0n) is 15.9. The molecule has 0 saturated carbocycles. The Morgan fingerprint density at radius 2 is 2.03 bits per heavy atom. The lowest BCUT2D eigenvalue weighted by Gasteiger charge is -2.30. The van der Waals surface area contributed by atoms with E-state index in [0.717, 1.165) is 24.5 Å². The lowest BCUT2D eigenvalue weighted by atomic mass is 10.2. The molecule has 1 aliphatic heterocycles. The molecule has 0 aromatic heterocycles. The first kappa shape index (κ1) is 20.5. The van der Waals surface area contributed by atoms with E-state index in [0.29, 0.717) is 29.7 Å². The van der Waals surface area contributed by atoms with Crippen molar-refractivity contribution >= 4 is 34.6 Å². The molecular weight excluding hydrogens is 392 g/mol. The van der Waals surface area contributed by atoms with Crippen molar-refractivity contribution in [1.29, 1.82) is 5.26 Å². The van der Waals surface area contributed by atoms with Crippen molar-refractivity contribution in [2.24, 2.45) is 0 Å². The summed E-state index contributed by atoms with van der Waals surface area (Å²) in [7, 11) is 1.51. The molecule has 2 aromatic rings. The van der Waals surface area contributed by atoms with Crippen LogP contribution in [0, 0.1) is 11.3 Å². The van der Waals surface area contributed by atoms with Gasteiger partial charge in [0.25, 0.3) is 5.91 Å². The average Bonchev–Trinajstić information content (AvgIpc) is 2.75. The molecule has 29 heavy (non-hydrogen) atoms. The number of hydrogen-bond acceptors (Lipinski definition) is 6. The molecule has 0 unspecified atom stereocenters. The molecule has 0 atom stereocenters. The lowest BCUT2D eigenvalue weighted by Crippen LogP contribution is -2.36. The Hall–Kier alpha value is -3.21. The molecule has 0 aliphatic carbocycles. The molecule has 1 aliphatic rings. The van der Waals surface area contributed by atoms with Crippen molar-refractivity contribution in [3.05, 3.63) is 59.3 Å². The van der Waals surface area contributed by atoms with Gasteiger partial charge in [-0.05, 0) is 30.3 Å². The molecule has 2 aromatic carbocycles. The molecule has 1 saturated heterocycles. The van der Waals surface area contributed by atoms with E-state index in [2.05, 4.69) is 15.5 Å². The number of rotatable bonds is 6. The third-order valence-corrected chi connectivity index (χ3v) is 4.70. The molecule has 2 N–H and O–H groups in total. The Kier molecular flexibility index (Phi) is 6.95. The van der Waals surface area contributed by atoms with E-state index >= 15 is 0 Å². The van der Waals surface area contributed by atoms with Crippen molar-refractivity contribution in [3.63, 3.8) is 0 Å². The minimum Gasteiger partial charge on any atom is -0.495 e. The van der Waals surface area contributed by atoms with Gasteiger partial charge in [-0.15, -0.1) is 0 Å². The fourth-order valence-electron chi connectivity index (χ4n) is 2.92. The van der Waals surface area contributed by atoms with Crippen molar-refractivity contribution in [3.8, 4) is 11.8 Å². The first-order valence-corrected chi connectivity index (χ1v) is 9.43. The summed E-state index contributed by atoms with van der Waals surface area (Å²) in [5, 5.41) is 15.5. The van der Waals surface area contributed by atoms with E-state index in [1.165, 1.54) is 13.3 Å². The zero-order chi connectivity index (χ0) is 20.6. The quantitative estimate of drug-likeness (QED) is 0.556. The Balaban J connectivity index is 1.73. The van der Waals surface area contributed by atoms with Crippen LogP contribution in [0.4, 0.5) is 17.1 Å². The topological polar surface area (TPSA) is 86.6 Å². The number of methoxy groups -OCH3 is 1. The molecular formula is C21H21ClN4O3. The van der Waals surface area contributed by atoms with Gasteiger partial charge in [-0.1, -0.05) is 23.7 Å². The fourth-order valence-corrected chi connectivity index (χ4v) is 3.17. The highest BCUT2D eigenvalue weighted by atomic mass is 35.5. The van der Waals surface area contributed by atoms with Gasteiger partial charge in [0.05, 0.1) is 36.7 Å². The van der Waals surface area contributed by atoms with Gasteiger partial charge >= 0.3 is 0 Å². The van der Waals surface area contributed by atoms with Crippen molar-refractivity contribution < 1.29 is 14.3 Å². The Morgan fingerprint density at radius 1 is 1.28 bits per heavy atom. The number of morpholine rings is 1. The van der Waals surface area contributed by atoms with Crippen LogP contribution in [0.3, 0.4) is 0 Å². The number of carbonyl (C=O) groups excluding carboxylic acids is 1. The molecule has 1 heterocycles. The standard InChI is InChI=1S/C21H21ClN4O3/c1-28-20-7-6-16(12-17(20)22)25-21(27)15(13-23)14-24-18-4-2-3-5-19(18)26-8-10-29-11-9-26/h2-7,12,14,24H,8-11H2,1H3,(H,25,27)/b15-14-. The van der Waals surface area contributed by atoms with Gasteiger partial charge in [-0.3, -0.25) is 4.79 Å². The van der Waals surface area contributed by atoms with Crippen LogP contribution in [-0.2, 0) is 9.53 Å². The smallest absolute Gasteiger partial charge is 0.267 e. The molecule has 150 valence electrons. The number of nitrogens with zero attached hydrogens (tertiary/aromatic N) is 2. The second-order valence-corrected chi connectivity index (χ2v) is 6.64. The summed E-state index contributed by atoms with van der Waals surface area (Å²) in [5.41, 5.74) is 2.21. The maximum absolute atomic E-state index is 12.5. The number of halogens is 1. The number of ether oxygens (including phenoxy) is 2. The van der Waals surface area contributed by atoms with Gasteiger partial charge in [0.1, 0.15) is 17.4 Å². The monoisotopic (exact) mass is 412 g/mol. The third kappa shape index (κ3) is 5.19. The number of carbonyl (C=O) groups is 1. The third-order valence-electron chi connectivity index (χ3n) is 4.40. The molecule has 3 rings (SSSR count). The lowest BCUT2D eigenvalue weighted by molar-refractivity contribution is -0.112. The SMILES string of the molecule is COc1ccc(NC(=O)/C(C#N)=C\Nc2ccccc2N2CCOCC2)cc1Cl. The Bertz CT molecular complexity index is 949. The Labute approximate surface area is 174 Å². The van der Waals surface area contributed by atoms with Crippen molar-refractivity contribution in [1.82, 2.24) is 0 Å². The normalized spacial score (nSPS) is 14.1. The second-order valence-electron chi connectivity index (χ2n) is 6.23. The average molecular weight is 413 g/mol. The molecule has 8 heteroatoms. The van der Waals surface area contributed by atoms with E-state index in [4.69, 9.17) is 21.1 Å².